The molecule has 0 unspecified atom stereocenters. The number of unbranched alkanes of at least 4 members (excludes halogenated alkanes) is 20. The second kappa shape index (κ2) is 53.7. The van der Waals surface area contributed by atoms with Gasteiger partial charge in [0.15, 0.2) is 0 Å². The van der Waals surface area contributed by atoms with Crippen LogP contribution in [0.5, 0.6) is 0 Å². The maximum absolute atomic E-state index is 12.9. The molecule has 0 bridgehead atoms. The molecule has 434 valence electrons. The van der Waals surface area contributed by atoms with Gasteiger partial charge in [-0.15, -0.1) is 5.10 Å². The molecule has 0 aliphatic heterocycles. The maximum atomic E-state index is 12.9. The number of amides is 1. The summed E-state index contributed by atoms with van der Waals surface area (Å²) in [6.45, 7) is 19.2. The zero-order chi connectivity index (χ0) is 53.6. The highest BCUT2D eigenvalue weighted by Crippen LogP contribution is 2.14. The van der Waals surface area contributed by atoms with E-state index in [4.69, 9.17) is 34.2 Å². The van der Waals surface area contributed by atoms with Gasteiger partial charge in [-0.2, -0.15) is 0 Å². The Balaban J connectivity index is 2.62. The van der Waals surface area contributed by atoms with Crippen molar-refractivity contribution >= 4 is 17.8 Å². The summed E-state index contributed by atoms with van der Waals surface area (Å²) >= 11 is 0. The van der Waals surface area contributed by atoms with Crippen molar-refractivity contribution in [1.82, 2.24) is 30.5 Å². The van der Waals surface area contributed by atoms with Crippen LogP contribution >= 0.6 is 0 Å². The molecule has 1 rings (SSSR count). The maximum Gasteiger partial charge on any atom is 0.306 e. The Labute approximate surface area is 451 Å². The third-order valence-electron chi connectivity index (χ3n) is 13.0. The summed E-state index contributed by atoms with van der Waals surface area (Å²) in [6, 6.07) is 0. The van der Waals surface area contributed by atoms with Crippen molar-refractivity contribution < 1.29 is 42.8 Å². The van der Waals surface area contributed by atoms with Crippen LogP contribution in [0.4, 0.5) is 0 Å². The summed E-state index contributed by atoms with van der Waals surface area (Å²) in [5.74, 6) is -0.324. The number of nitrogens with one attached hydrogen (secondary N) is 2. The number of hydrogen-bond acceptors (Lipinski definition) is 14. The fourth-order valence-electron chi connectivity index (χ4n) is 8.49. The van der Waals surface area contributed by atoms with Crippen molar-refractivity contribution in [1.29, 1.82) is 0 Å². The van der Waals surface area contributed by atoms with E-state index in [2.05, 4.69) is 53.5 Å². The number of esters is 2. The smallest absolute Gasteiger partial charge is 0.306 e. The van der Waals surface area contributed by atoms with Gasteiger partial charge in [0.1, 0.15) is 12.2 Å². The first-order valence-electron chi connectivity index (χ1n) is 30.3. The zero-order valence-electron chi connectivity index (χ0n) is 48.0. The van der Waals surface area contributed by atoms with Crippen molar-refractivity contribution in [3.8, 4) is 0 Å². The van der Waals surface area contributed by atoms with Gasteiger partial charge in [-0.3, -0.25) is 24.0 Å². The number of carbonyl (C=O) groups excluding carboxylic acids is 3. The van der Waals surface area contributed by atoms with Gasteiger partial charge in [-0.1, -0.05) is 148 Å². The number of hydrogen-bond donors (Lipinski definition) is 3. The van der Waals surface area contributed by atoms with E-state index < -0.39 is 0 Å². The standard InChI is InChI=1S/C58H113N7O9/c1-5-9-13-27-43-69-49-54(50-70-44-28-14-10-6-2)73-57(67)33-23-19-17-21-25-40-64(47-53-48-65(63-62-53)42-35-56(66)61-39-32-38-60-37-31-36-59)41-26-22-18-20-24-34-58(68)74-55(51-71-45-29-15-11-7-3)52-72-46-30-16-12-8-4/h48,54-55,60H,5-47,49-52,59H2,1-4H3,(H,61,66). The van der Waals surface area contributed by atoms with Crippen molar-refractivity contribution in [3.05, 3.63) is 11.9 Å². The predicted molar refractivity (Wildman–Crippen MR) is 299 cm³/mol. The van der Waals surface area contributed by atoms with Crippen molar-refractivity contribution in [3.63, 3.8) is 0 Å². The minimum absolute atomic E-state index is 0.0141. The molecule has 0 aliphatic carbocycles. The highest BCUT2D eigenvalue weighted by atomic mass is 16.6. The SMILES string of the molecule is CCCCCCOCC(COCCCCCC)OC(=O)CCCCCCCN(CCCCCCCC(=O)OC(COCCCCCC)COCCCCCC)Cc1cn(CCC(=O)NCCCNCCCN)nn1. The fourth-order valence-corrected chi connectivity index (χ4v) is 8.49. The van der Waals surface area contributed by atoms with Crippen LogP contribution in [0.2, 0.25) is 0 Å². The van der Waals surface area contributed by atoms with Crippen LogP contribution in [0.15, 0.2) is 6.20 Å². The predicted octanol–water partition coefficient (Wildman–Crippen LogP) is 10.8. The average Bonchev–Trinajstić information content (AvgIpc) is 3.85. The Morgan fingerprint density at radius 2 is 0.946 bits per heavy atom. The third kappa shape index (κ3) is 45.5. The van der Waals surface area contributed by atoms with Gasteiger partial charge in [-0.05, 0) is 96.9 Å². The highest BCUT2D eigenvalue weighted by Gasteiger charge is 2.18. The van der Waals surface area contributed by atoms with Crippen LogP contribution in [-0.4, -0.2) is 142 Å². The third-order valence-corrected chi connectivity index (χ3v) is 13.0. The van der Waals surface area contributed by atoms with Gasteiger partial charge in [0.2, 0.25) is 5.91 Å². The molecule has 16 heteroatoms. The van der Waals surface area contributed by atoms with E-state index in [-0.39, 0.29) is 30.1 Å². The summed E-state index contributed by atoms with van der Waals surface area (Å²) in [4.78, 5) is 40.8. The fraction of sp³-hybridized carbons (Fsp3) is 0.914. The molecule has 74 heavy (non-hydrogen) atoms. The summed E-state index contributed by atoms with van der Waals surface area (Å²) in [6.07, 6.45) is 32.5. The Hall–Kier alpha value is -2.73. The Kier molecular flexibility index (Phi) is 50.2. The molecule has 4 N–H and O–H groups in total. The summed E-state index contributed by atoms with van der Waals surface area (Å²) in [7, 11) is 0. The van der Waals surface area contributed by atoms with Crippen molar-refractivity contribution in [2.45, 2.75) is 252 Å². The molecule has 0 radical (unpaired) electrons. The van der Waals surface area contributed by atoms with Gasteiger partial charge in [0.05, 0.1) is 38.7 Å². The van der Waals surface area contributed by atoms with Gasteiger partial charge < -0.3 is 44.8 Å². The lowest BCUT2D eigenvalue weighted by molar-refractivity contribution is -0.157. The van der Waals surface area contributed by atoms with Gasteiger partial charge in [0, 0.05) is 65.0 Å². The largest absolute Gasteiger partial charge is 0.457 e. The van der Waals surface area contributed by atoms with Crippen LogP contribution < -0.4 is 16.4 Å². The molecule has 0 saturated heterocycles. The van der Waals surface area contributed by atoms with Crippen LogP contribution in [0, 0.1) is 0 Å². The van der Waals surface area contributed by atoms with E-state index in [0.29, 0.717) is 98.3 Å². The van der Waals surface area contributed by atoms with E-state index in [0.717, 1.165) is 160 Å². The topological polar surface area (TPSA) is 191 Å². The lowest BCUT2D eigenvalue weighted by Gasteiger charge is -2.21. The minimum atomic E-state index is -0.367. The zero-order valence-corrected chi connectivity index (χ0v) is 48.0. The lowest BCUT2D eigenvalue weighted by atomic mass is 10.1. The Morgan fingerprint density at radius 1 is 0.527 bits per heavy atom. The number of carbonyl (C=O) groups is 3. The van der Waals surface area contributed by atoms with Crippen LogP contribution in [-0.2, 0) is 55.9 Å². The van der Waals surface area contributed by atoms with Crippen molar-refractivity contribution in [2.75, 3.05) is 92.1 Å². The molecular formula is C58H113N7O9. The van der Waals surface area contributed by atoms with Crippen molar-refractivity contribution in [2.24, 2.45) is 5.73 Å². The summed E-state index contributed by atoms with van der Waals surface area (Å²) in [5.41, 5.74) is 6.45. The number of aryl methyl sites for hydroxylation is 1. The van der Waals surface area contributed by atoms with Crippen LogP contribution in [0.1, 0.15) is 232 Å². The molecule has 0 fully saturated rings. The first kappa shape index (κ1) is 69.3. The number of ether oxygens (including phenoxy) is 6. The number of nitrogens with two attached hydrogens (primary N) is 1. The highest BCUT2D eigenvalue weighted by molar-refractivity contribution is 5.75. The summed E-state index contributed by atoms with van der Waals surface area (Å²) < 4.78 is 37.1. The van der Waals surface area contributed by atoms with Gasteiger partial charge >= 0.3 is 11.9 Å². The quantitative estimate of drug-likeness (QED) is 0.0412. The van der Waals surface area contributed by atoms with Gasteiger partial charge in [-0.25, -0.2) is 0 Å². The molecule has 0 aromatic carbocycles. The molecular weight excluding hydrogens is 939 g/mol. The van der Waals surface area contributed by atoms with Gasteiger partial charge in [0.25, 0.3) is 0 Å². The van der Waals surface area contributed by atoms with Crippen LogP contribution in [0.3, 0.4) is 0 Å². The lowest BCUT2D eigenvalue weighted by Crippen LogP contribution is -2.29. The molecule has 1 aromatic rings. The molecule has 0 spiro atoms. The van der Waals surface area contributed by atoms with E-state index >= 15 is 0 Å². The Morgan fingerprint density at radius 3 is 1.39 bits per heavy atom. The molecule has 16 nitrogen and oxygen atoms in total. The normalized spacial score (nSPS) is 11.7. The second-order valence-corrected chi connectivity index (χ2v) is 20.4. The second-order valence-electron chi connectivity index (χ2n) is 20.4. The molecule has 0 saturated carbocycles. The average molecular weight is 1050 g/mol. The van der Waals surface area contributed by atoms with E-state index in [1.165, 1.54) is 51.4 Å². The van der Waals surface area contributed by atoms with Crippen LogP contribution in [0.25, 0.3) is 0 Å². The Bertz CT molecular complexity index is 1300. The van der Waals surface area contributed by atoms with E-state index in [1.54, 1.807) is 4.68 Å². The number of aromatic nitrogens is 3. The minimum Gasteiger partial charge on any atom is -0.457 e. The first-order chi connectivity index (χ1) is 36.3. The molecule has 0 atom stereocenters. The molecule has 1 aromatic heterocycles. The van der Waals surface area contributed by atoms with E-state index in [1.807, 2.05) is 6.20 Å². The first-order valence-corrected chi connectivity index (χ1v) is 30.3. The molecule has 0 aliphatic rings. The number of nitrogens with zero attached hydrogens (tertiary/aromatic N) is 4. The molecule has 1 amide bonds. The van der Waals surface area contributed by atoms with E-state index in [9.17, 15) is 14.4 Å². The molecule has 1 heterocycles. The summed E-state index contributed by atoms with van der Waals surface area (Å²) in [5, 5.41) is 15.2. The monoisotopic (exact) mass is 1050 g/mol. The number of rotatable bonds is 58.